The fourth-order valence-corrected chi connectivity index (χ4v) is 3.37. The van der Waals surface area contributed by atoms with Crippen LogP contribution in [0.2, 0.25) is 0 Å². The number of rotatable bonds is 0. The van der Waals surface area contributed by atoms with Crippen LogP contribution in [0.15, 0.2) is 32.0 Å². The van der Waals surface area contributed by atoms with Gasteiger partial charge in [-0.05, 0) is 24.5 Å². The van der Waals surface area contributed by atoms with E-state index in [0.717, 1.165) is 4.47 Å². The van der Waals surface area contributed by atoms with Crippen LogP contribution in [0.1, 0.15) is 0 Å². The zero-order valence-corrected chi connectivity index (χ0v) is 10.9. The molecule has 1 aliphatic heterocycles. The Hall–Kier alpha value is -0.530. The summed E-state index contributed by atoms with van der Waals surface area (Å²) in [4.78, 5) is 0.212. The van der Waals surface area contributed by atoms with E-state index in [9.17, 15) is 8.42 Å². The van der Waals surface area contributed by atoms with E-state index in [2.05, 4.69) is 25.6 Å². The number of thioether (sulfide) groups is 1. The lowest BCUT2D eigenvalue weighted by Crippen LogP contribution is -2.18. The van der Waals surface area contributed by atoms with Crippen LogP contribution in [-0.4, -0.2) is 19.8 Å². The molecule has 0 saturated heterocycles. The molecule has 0 radical (unpaired) electrons. The highest BCUT2D eigenvalue weighted by Crippen LogP contribution is 2.31. The zero-order chi connectivity index (χ0) is 11.1. The highest BCUT2D eigenvalue weighted by Gasteiger charge is 2.24. The Morgan fingerprint density at radius 2 is 2.20 bits per heavy atom. The second-order valence-corrected chi connectivity index (χ2v) is 6.12. The first-order valence-corrected chi connectivity index (χ1v) is 7.44. The molecule has 4 nitrogen and oxygen atoms in total. The molecule has 0 bridgehead atoms. The van der Waals surface area contributed by atoms with Crippen molar-refractivity contribution >= 4 is 48.6 Å². The minimum atomic E-state index is -3.54. The van der Waals surface area contributed by atoms with Crippen LogP contribution in [0.5, 0.6) is 0 Å². The maximum Gasteiger partial charge on any atom is 0.286 e. The number of sulfonamides is 1. The summed E-state index contributed by atoms with van der Waals surface area (Å²) in [5.41, 5.74) is 0.559. The average molecular weight is 307 g/mol. The van der Waals surface area contributed by atoms with Crippen molar-refractivity contribution in [3.8, 4) is 0 Å². The fraction of sp³-hybridized carbons (Fsp3) is 0.125. The van der Waals surface area contributed by atoms with E-state index in [1.54, 1.807) is 18.4 Å². The third kappa shape index (κ3) is 2.04. The van der Waals surface area contributed by atoms with E-state index < -0.39 is 10.0 Å². The highest BCUT2D eigenvalue weighted by molar-refractivity contribution is 9.10. The van der Waals surface area contributed by atoms with Crippen molar-refractivity contribution in [3.05, 3.63) is 22.7 Å². The first kappa shape index (κ1) is 11.0. The number of anilines is 1. The summed E-state index contributed by atoms with van der Waals surface area (Å²) in [5, 5.41) is 3.34. The molecule has 0 aliphatic carbocycles. The largest absolute Gasteiger partial charge is 0.333 e. The number of fused-ring (bicyclic) bond motifs is 1. The van der Waals surface area contributed by atoms with Gasteiger partial charge in [-0.1, -0.05) is 27.7 Å². The van der Waals surface area contributed by atoms with E-state index in [4.69, 9.17) is 0 Å². The smallest absolute Gasteiger partial charge is 0.286 e. The van der Waals surface area contributed by atoms with Gasteiger partial charge in [-0.2, -0.15) is 8.42 Å². The molecule has 0 amide bonds. The first-order valence-electron chi connectivity index (χ1n) is 3.98. The summed E-state index contributed by atoms with van der Waals surface area (Å²) in [6, 6.07) is 4.93. The topological polar surface area (TPSA) is 58.5 Å². The van der Waals surface area contributed by atoms with Gasteiger partial charge in [0.1, 0.15) is 4.90 Å². The van der Waals surface area contributed by atoms with E-state index in [-0.39, 0.29) is 4.90 Å². The van der Waals surface area contributed by atoms with E-state index >= 15 is 0 Å². The van der Waals surface area contributed by atoms with E-state index in [1.807, 2.05) is 0 Å². The Balaban J connectivity index is 2.64. The quantitative estimate of drug-likeness (QED) is 0.799. The molecule has 0 fully saturated rings. The molecule has 15 heavy (non-hydrogen) atoms. The molecule has 7 heteroatoms. The first-order chi connectivity index (χ1) is 7.03. The van der Waals surface area contributed by atoms with Gasteiger partial charge in [0.05, 0.1) is 5.69 Å². The summed E-state index contributed by atoms with van der Waals surface area (Å²) >= 11 is 4.55. The van der Waals surface area contributed by atoms with Crippen molar-refractivity contribution < 1.29 is 8.42 Å². The maximum absolute atomic E-state index is 11.7. The Kier molecular flexibility index (Phi) is 2.78. The predicted molar refractivity (Wildman–Crippen MR) is 65.9 cm³/mol. The Morgan fingerprint density at radius 1 is 1.47 bits per heavy atom. The second kappa shape index (κ2) is 3.80. The molecule has 1 aromatic carbocycles. The lowest BCUT2D eigenvalue weighted by atomic mass is 10.3. The monoisotopic (exact) mass is 306 g/mol. The van der Waals surface area contributed by atoms with Gasteiger partial charge in [0.15, 0.2) is 5.17 Å². The van der Waals surface area contributed by atoms with Crippen molar-refractivity contribution in [1.29, 1.82) is 0 Å². The summed E-state index contributed by atoms with van der Waals surface area (Å²) < 4.78 is 27.8. The Labute approximate surface area is 100 Å². The molecule has 80 valence electrons. The van der Waals surface area contributed by atoms with Gasteiger partial charge in [-0.15, -0.1) is 4.40 Å². The molecule has 1 aliphatic rings. The van der Waals surface area contributed by atoms with Crippen molar-refractivity contribution in [2.75, 3.05) is 11.6 Å². The van der Waals surface area contributed by atoms with Gasteiger partial charge in [-0.25, -0.2) is 0 Å². The Bertz CT molecular complexity index is 540. The Morgan fingerprint density at radius 3 is 2.87 bits per heavy atom. The van der Waals surface area contributed by atoms with E-state index in [0.29, 0.717) is 10.9 Å². The number of nitrogens with zero attached hydrogens (tertiary/aromatic N) is 1. The van der Waals surface area contributed by atoms with Gasteiger partial charge in [0, 0.05) is 4.47 Å². The van der Waals surface area contributed by atoms with Crippen molar-refractivity contribution in [2.45, 2.75) is 4.90 Å². The highest BCUT2D eigenvalue weighted by atomic mass is 79.9. The summed E-state index contributed by atoms with van der Waals surface area (Å²) in [7, 11) is -3.54. The number of hydrogen-bond acceptors (Lipinski definition) is 4. The van der Waals surface area contributed by atoms with Crippen molar-refractivity contribution in [2.24, 2.45) is 4.40 Å². The fourth-order valence-electron chi connectivity index (χ4n) is 1.21. The van der Waals surface area contributed by atoms with Crippen LogP contribution >= 0.6 is 27.7 Å². The molecule has 0 unspecified atom stereocenters. The third-order valence-corrected chi connectivity index (χ3v) is 4.38. The van der Waals surface area contributed by atoms with Gasteiger partial charge in [0.2, 0.25) is 0 Å². The predicted octanol–water partition coefficient (Wildman–Crippen LogP) is 2.28. The minimum Gasteiger partial charge on any atom is -0.333 e. The molecule has 0 saturated carbocycles. The van der Waals surface area contributed by atoms with Gasteiger partial charge in [-0.3, -0.25) is 0 Å². The molecular formula is C8H7BrN2O2S2. The van der Waals surface area contributed by atoms with Gasteiger partial charge >= 0.3 is 0 Å². The van der Waals surface area contributed by atoms with Crippen molar-refractivity contribution in [3.63, 3.8) is 0 Å². The normalized spacial score (nSPS) is 17.6. The van der Waals surface area contributed by atoms with Crippen LogP contribution in [0, 0.1) is 0 Å². The molecular weight excluding hydrogens is 300 g/mol. The molecule has 1 aromatic rings. The third-order valence-electron chi connectivity index (χ3n) is 1.86. The molecule has 1 heterocycles. The molecule has 2 rings (SSSR count). The molecule has 0 spiro atoms. The number of amidine groups is 1. The number of nitrogens with one attached hydrogen (secondary N) is 1. The van der Waals surface area contributed by atoms with Crippen LogP contribution in [0.3, 0.4) is 0 Å². The van der Waals surface area contributed by atoms with Gasteiger partial charge in [0.25, 0.3) is 10.0 Å². The van der Waals surface area contributed by atoms with Crippen molar-refractivity contribution in [1.82, 2.24) is 0 Å². The lowest BCUT2D eigenvalue weighted by molar-refractivity contribution is 0.598. The zero-order valence-electron chi connectivity index (χ0n) is 7.69. The van der Waals surface area contributed by atoms with Crippen LogP contribution in [0.4, 0.5) is 5.69 Å². The van der Waals surface area contributed by atoms with E-state index in [1.165, 1.54) is 17.8 Å². The standard InChI is InChI=1S/C8H7BrN2O2S2/c1-14-8-10-6-4-5(9)2-3-7(6)15(12,13)11-8/h2-4H,1H3,(H,10,11). The summed E-state index contributed by atoms with van der Waals surface area (Å²) in [5.74, 6) is 0. The van der Waals surface area contributed by atoms with Gasteiger partial charge < -0.3 is 5.32 Å². The second-order valence-electron chi connectivity index (χ2n) is 2.84. The number of halogens is 1. The number of hydrogen-bond donors (Lipinski definition) is 1. The van der Waals surface area contributed by atoms with Crippen LogP contribution in [-0.2, 0) is 10.0 Å². The summed E-state index contributed by atoms with van der Waals surface area (Å²) in [6.07, 6.45) is 1.77. The van der Waals surface area contributed by atoms with Crippen LogP contribution in [0.25, 0.3) is 0 Å². The summed E-state index contributed by atoms with van der Waals surface area (Å²) in [6.45, 7) is 0. The molecule has 0 atom stereocenters. The molecule has 0 aromatic heterocycles. The maximum atomic E-state index is 11.7. The minimum absolute atomic E-state index is 0.212. The average Bonchev–Trinajstić information content (AvgIpc) is 2.15. The molecule has 1 N–H and O–H groups in total. The SMILES string of the molecule is CSC1=NS(=O)(=O)c2ccc(Br)cc2N1. The lowest BCUT2D eigenvalue weighted by Gasteiger charge is -2.16. The van der Waals surface area contributed by atoms with Crippen LogP contribution < -0.4 is 5.32 Å². The number of benzene rings is 1.